The Morgan fingerprint density at radius 1 is 1.17 bits per heavy atom. The second-order valence-corrected chi connectivity index (χ2v) is 15.6. The van der Waals surface area contributed by atoms with Gasteiger partial charge in [0.05, 0.1) is 20.1 Å². The fraction of sp³-hybridized carbons (Fsp3) is 0.500. The Kier molecular flexibility index (Phi) is 7.09. The van der Waals surface area contributed by atoms with E-state index in [-0.39, 0.29) is 19.1 Å². The number of carbonyl (C=O) groups is 1. The predicted octanol–water partition coefficient (Wildman–Crippen LogP) is 4.43. The Hall–Kier alpha value is -3.05. The molecule has 0 spiro atoms. The average Bonchev–Trinajstić information content (AvgIpc) is 3.44. The van der Waals surface area contributed by atoms with E-state index in [1.54, 1.807) is 27.2 Å². The Balaban J connectivity index is 1.74. The molecular formula is C24H32FN5O4Si. The lowest BCUT2D eigenvalue weighted by Crippen LogP contribution is -2.22. The van der Waals surface area contributed by atoms with Crippen LogP contribution in [0.15, 0.2) is 18.3 Å². The van der Waals surface area contributed by atoms with Crippen LogP contribution >= 0.6 is 0 Å². The molecule has 1 aliphatic carbocycles. The lowest BCUT2D eigenvalue weighted by molar-refractivity contribution is -0.117. The van der Waals surface area contributed by atoms with Crippen molar-refractivity contribution in [3.63, 3.8) is 0 Å². The number of hydrogen-bond acceptors (Lipinski definition) is 7. The van der Waals surface area contributed by atoms with E-state index in [9.17, 15) is 9.18 Å². The first kappa shape index (κ1) is 25.1. The molecule has 4 rings (SSSR count). The summed E-state index contributed by atoms with van der Waals surface area (Å²) in [6.07, 6.45) is 1.08. The number of anilines is 1. The fourth-order valence-electron chi connectivity index (χ4n) is 3.77. The van der Waals surface area contributed by atoms with Crippen molar-refractivity contribution < 1.29 is 23.4 Å². The lowest BCUT2D eigenvalue weighted by atomic mass is 10.1. The van der Waals surface area contributed by atoms with Crippen molar-refractivity contribution in [3.05, 3.63) is 24.2 Å². The molecule has 1 saturated carbocycles. The molecule has 0 bridgehead atoms. The number of alkyl halides is 1. The maximum Gasteiger partial charge on any atom is 0.231 e. The van der Waals surface area contributed by atoms with Gasteiger partial charge in [0, 0.05) is 31.8 Å². The molecule has 3 aromatic rings. The number of nitrogens with zero attached hydrogens (tertiary/aromatic N) is 4. The van der Waals surface area contributed by atoms with E-state index >= 15 is 0 Å². The van der Waals surface area contributed by atoms with Crippen molar-refractivity contribution in [3.8, 4) is 22.9 Å². The smallest absolute Gasteiger partial charge is 0.231 e. The second-order valence-electron chi connectivity index (χ2n) is 9.94. The number of hydrogen-bond donors (Lipinski definition) is 1. The molecule has 1 N–H and O–H groups in total. The van der Waals surface area contributed by atoms with E-state index < -0.39 is 20.2 Å². The third kappa shape index (κ3) is 5.62. The zero-order valence-electron chi connectivity index (χ0n) is 21.0. The normalized spacial score (nSPS) is 17.5. The van der Waals surface area contributed by atoms with Crippen LogP contribution in [0.1, 0.15) is 12.2 Å². The Labute approximate surface area is 205 Å². The Morgan fingerprint density at radius 3 is 2.40 bits per heavy atom. The van der Waals surface area contributed by atoms with Crippen LogP contribution in [0.25, 0.3) is 22.2 Å². The van der Waals surface area contributed by atoms with Gasteiger partial charge in [0.15, 0.2) is 0 Å². The largest absolute Gasteiger partial charge is 0.480 e. The zero-order chi connectivity index (χ0) is 25.3. The highest BCUT2D eigenvalue weighted by molar-refractivity contribution is 6.76. The average molecular weight is 502 g/mol. The number of aryl methyl sites for hydroxylation is 1. The maximum atomic E-state index is 13.3. The molecule has 0 aliphatic heterocycles. The first-order valence-corrected chi connectivity index (χ1v) is 15.3. The number of methoxy groups -OCH3 is 2. The molecule has 11 heteroatoms. The minimum absolute atomic E-state index is 0.256. The lowest BCUT2D eigenvalue weighted by Gasteiger charge is -2.15. The van der Waals surface area contributed by atoms with Crippen molar-refractivity contribution >= 4 is 30.8 Å². The summed E-state index contributed by atoms with van der Waals surface area (Å²) in [5.74, 6) is 0.688. The number of halogens is 1. The van der Waals surface area contributed by atoms with Gasteiger partial charge in [-0.3, -0.25) is 4.79 Å². The van der Waals surface area contributed by atoms with Gasteiger partial charge >= 0.3 is 0 Å². The molecule has 0 unspecified atom stereocenters. The summed E-state index contributed by atoms with van der Waals surface area (Å²) in [7, 11) is 1.85. The van der Waals surface area contributed by atoms with E-state index in [2.05, 4.69) is 39.9 Å². The number of aromatic nitrogens is 4. The summed E-state index contributed by atoms with van der Waals surface area (Å²) in [4.78, 5) is 25.8. The van der Waals surface area contributed by atoms with E-state index in [1.807, 2.05) is 16.8 Å². The van der Waals surface area contributed by atoms with Gasteiger partial charge < -0.3 is 24.1 Å². The molecule has 0 saturated heterocycles. The third-order valence-electron chi connectivity index (χ3n) is 5.86. The molecular weight excluding hydrogens is 469 g/mol. The van der Waals surface area contributed by atoms with Crippen LogP contribution in [0.4, 0.5) is 10.2 Å². The molecule has 1 aliphatic rings. The van der Waals surface area contributed by atoms with E-state index in [4.69, 9.17) is 14.2 Å². The number of carbonyl (C=O) groups excluding carboxylic acids is 1. The topological polar surface area (TPSA) is 100 Å². The number of pyridine rings is 1. The van der Waals surface area contributed by atoms with Crippen LogP contribution in [-0.4, -0.2) is 60.5 Å². The highest BCUT2D eigenvalue weighted by Gasteiger charge is 2.43. The zero-order valence-corrected chi connectivity index (χ0v) is 22.0. The summed E-state index contributed by atoms with van der Waals surface area (Å²) >= 11 is 0. The van der Waals surface area contributed by atoms with Gasteiger partial charge in [-0.1, -0.05) is 19.6 Å². The van der Waals surface area contributed by atoms with Crippen molar-refractivity contribution in [2.45, 2.75) is 51.9 Å². The summed E-state index contributed by atoms with van der Waals surface area (Å²) in [5, 5.41) is 3.52. The molecule has 3 aromatic heterocycles. The molecule has 35 heavy (non-hydrogen) atoms. The molecule has 1 amide bonds. The van der Waals surface area contributed by atoms with Gasteiger partial charge in [0.25, 0.3) is 0 Å². The van der Waals surface area contributed by atoms with E-state index in [0.29, 0.717) is 41.2 Å². The number of fused-ring (bicyclic) bond motifs is 1. The second kappa shape index (κ2) is 9.90. The summed E-state index contributed by atoms with van der Waals surface area (Å²) in [6.45, 7) is 9.58. The van der Waals surface area contributed by atoms with Crippen LogP contribution in [0.3, 0.4) is 0 Å². The van der Waals surface area contributed by atoms with Gasteiger partial charge in [-0.15, -0.1) is 0 Å². The number of ether oxygens (including phenoxy) is 3. The molecule has 188 valence electrons. The Morgan fingerprint density at radius 2 is 1.83 bits per heavy atom. The number of nitrogens with one attached hydrogen (secondary N) is 1. The number of amides is 1. The highest BCUT2D eigenvalue weighted by Crippen LogP contribution is 2.41. The SMILES string of the molecule is COc1nc(C)nc(OC)c1-c1cn(COCC[Si](C)(C)C)c2nc(NC(=O)[C@@H]3C[C@@H]3F)ccc12. The van der Waals surface area contributed by atoms with Gasteiger partial charge in [0.1, 0.15) is 35.8 Å². The van der Waals surface area contributed by atoms with E-state index in [0.717, 1.165) is 17.0 Å². The molecule has 2 atom stereocenters. The molecule has 1 fully saturated rings. The van der Waals surface area contributed by atoms with Crippen LogP contribution < -0.4 is 14.8 Å². The van der Waals surface area contributed by atoms with Gasteiger partial charge in [-0.25, -0.2) is 9.37 Å². The van der Waals surface area contributed by atoms with Crippen LogP contribution in [-0.2, 0) is 16.3 Å². The molecule has 9 nitrogen and oxygen atoms in total. The van der Waals surface area contributed by atoms with Gasteiger partial charge in [-0.2, -0.15) is 9.97 Å². The minimum atomic E-state index is -1.24. The number of rotatable bonds is 10. The first-order chi connectivity index (χ1) is 16.6. The van der Waals surface area contributed by atoms with Crippen molar-refractivity contribution in [2.24, 2.45) is 5.92 Å². The standard InChI is InChI=1S/C24H32FN5O4Si/c1-14-26-23(32-2)20(24(27-14)33-3)17-12-30(13-34-9-10-35(4,5)6)21-15(17)7-8-19(28-21)29-22(31)16-11-18(16)25/h7-8,12,16,18H,9-11,13H2,1-6H3,(H,28,29,31)/t16-,18+/m1/s1. The van der Waals surface area contributed by atoms with Gasteiger partial charge in [0.2, 0.25) is 17.7 Å². The highest BCUT2D eigenvalue weighted by atomic mass is 28.3. The van der Waals surface area contributed by atoms with Crippen LogP contribution in [0, 0.1) is 12.8 Å². The summed E-state index contributed by atoms with van der Waals surface area (Å²) in [5.41, 5.74) is 1.96. The summed E-state index contributed by atoms with van der Waals surface area (Å²) in [6, 6.07) is 4.58. The molecule has 0 radical (unpaired) electrons. The minimum Gasteiger partial charge on any atom is -0.480 e. The van der Waals surface area contributed by atoms with Crippen molar-refractivity contribution in [1.82, 2.24) is 19.5 Å². The van der Waals surface area contributed by atoms with Gasteiger partial charge in [-0.05, 0) is 31.5 Å². The van der Waals surface area contributed by atoms with Crippen LogP contribution in [0.5, 0.6) is 11.8 Å². The quantitative estimate of drug-likeness (QED) is 0.324. The monoisotopic (exact) mass is 501 g/mol. The molecule has 3 heterocycles. The van der Waals surface area contributed by atoms with E-state index in [1.165, 1.54) is 0 Å². The maximum absolute atomic E-state index is 13.3. The third-order valence-corrected chi connectivity index (χ3v) is 7.56. The van der Waals surface area contributed by atoms with Crippen LogP contribution in [0.2, 0.25) is 25.7 Å². The molecule has 0 aromatic carbocycles. The van der Waals surface area contributed by atoms with Crippen molar-refractivity contribution in [2.75, 3.05) is 26.1 Å². The predicted molar refractivity (Wildman–Crippen MR) is 134 cm³/mol. The summed E-state index contributed by atoms with van der Waals surface area (Å²) < 4.78 is 32.3. The first-order valence-electron chi connectivity index (χ1n) is 11.6. The fourth-order valence-corrected chi connectivity index (χ4v) is 4.53. The Bertz CT molecular complexity index is 1220. The van der Waals surface area contributed by atoms with Crippen molar-refractivity contribution in [1.29, 1.82) is 0 Å².